The van der Waals surface area contributed by atoms with E-state index in [1.165, 1.54) is 42.5 Å². The van der Waals surface area contributed by atoms with Crippen LogP contribution in [0.1, 0.15) is 16.7 Å². The molecule has 206 valence electrons. The fraction of sp³-hybridized carbons (Fsp3) is 0.0968. The molecule has 40 heavy (non-hydrogen) atoms. The van der Waals surface area contributed by atoms with Crippen LogP contribution in [0, 0.1) is 34.9 Å². The summed E-state index contributed by atoms with van der Waals surface area (Å²) in [6, 6.07) is 11.1. The largest absolute Gasteiger partial charge is 0.464 e. The zero-order chi connectivity index (χ0) is 29.0. The lowest BCUT2D eigenvalue weighted by Gasteiger charge is -2.11. The van der Waals surface area contributed by atoms with Gasteiger partial charge in [0.05, 0.1) is 0 Å². The van der Waals surface area contributed by atoms with Crippen molar-refractivity contribution >= 4 is 5.83 Å². The Hall–Kier alpha value is -4.40. The van der Waals surface area contributed by atoms with Crippen LogP contribution in [-0.2, 0) is 17.6 Å². The van der Waals surface area contributed by atoms with Crippen LogP contribution in [0.3, 0.4) is 0 Å². The van der Waals surface area contributed by atoms with Crippen molar-refractivity contribution in [3.05, 3.63) is 137 Å². The van der Waals surface area contributed by atoms with Crippen LogP contribution in [0.4, 0.5) is 35.1 Å². The molecule has 0 heterocycles. The summed E-state index contributed by atoms with van der Waals surface area (Å²) in [7, 11) is 0. The summed E-state index contributed by atoms with van der Waals surface area (Å²) in [5.41, 5.74) is 0.121. The first-order valence-corrected chi connectivity index (χ1v) is 11.9. The second kappa shape index (κ2) is 12.2. The first kappa shape index (κ1) is 28.6. The predicted octanol–water partition coefficient (Wildman–Crippen LogP) is 9.41. The Bertz CT molecular complexity index is 1550. The van der Waals surface area contributed by atoms with Crippen molar-refractivity contribution in [3.63, 3.8) is 0 Å². The zero-order valence-corrected chi connectivity index (χ0v) is 20.7. The fourth-order valence-electron chi connectivity index (χ4n) is 4.06. The van der Waals surface area contributed by atoms with Gasteiger partial charge in [0.25, 0.3) is 0 Å². The van der Waals surface area contributed by atoms with Crippen LogP contribution < -0.4 is 0 Å². The summed E-state index contributed by atoms with van der Waals surface area (Å²) in [6.45, 7) is 3.12. The minimum absolute atomic E-state index is 0.0380. The number of halogens is 8. The maximum absolute atomic E-state index is 14.8. The summed E-state index contributed by atoms with van der Waals surface area (Å²) >= 11 is 0. The Morgan fingerprint density at radius 3 is 1.82 bits per heavy atom. The van der Waals surface area contributed by atoms with Gasteiger partial charge in [-0.05, 0) is 65.4 Å². The molecule has 1 nitrogen and oxygen atoms in total. The molecule has 0 N–H and O–H groups in total. The quantitative estimate of drug-likeness (QED) is 0.0858. The van der Waals surface area contributed by atoms with E-state index in [0.29, 0.717) is 23.3 Å². The molecule has 0 radical (unpaired) electrons. The third-order valence-electron chi connectivity index (χ3n) is 6.11. The Morgan fingerprint density at radius 1 is 0.650 bits per heavy atom. The van der Waals surface area contributed by atoms with E-state index in [-0.39, 0.29) is 47.3 Å². The Balaban J connectivity index is 1.49. The third-order valence-corrected chi connectivity index (χ3v) is 6.11. The Labute approximate surface area is 224 Å². The van der Waals surface area contributed by atoms with Crippen LogP contribution in [0.15, 0.2) is 85.4 Å². The van der Waals surface area contributed by atoms with E-state index in [1.807, 2.05) is 0 Å². The lowest BCUT2D eigenvalue weighted by atomic mass is 9.97. The van der Waals surface area contributed by atoms with Crippen molar-refractivity contribution in [2.45, 2.75) is 12.8 Å². The molecule has 0 atom stereocenters. The molecule has 4 rings (SSSR count). The minimum atomic E-state index is -1.67. The van der Waals surface area contributed by atoms with E-state index >= 15 is 0 Å². The molecule has 0 amide bonds. The van der Waals surface area contributed by atoms with Gasteiger partial charge in [-0.3, -0.25) is 0 Å². The Kier molecular flexibility index (Phi) is 8.72. The lowest BCUT2D eigenvalue weighted by Crippen LogP contribution is -2.01. The minimum Gasteiger partial charge on any atom is -0.464 e. The summed E-state index contributed by atoms with van der Waals surface area (Å²) in [5.74, 6) is -8.39. The number of hydrogen-bond acceptors (Lipinski definition) is 1. The molecular formula is C31H20F8O. The van der Waals surface area contributed by atoms with Gasteiger partial charge in [-0.1, -0.05) is 49.1 Å². The van der Waals surface area contributed by atoms with Crippen molar-refractivity contribution in [1.29, 1.82) is 0 Å². The normalized spacial score (nSPS) is 11.8. The van der Waals surface area contributed by atoms with Crippen molar-refractivity contribution < 1.29 is 39.9 Å². The van der Waals surface area contributed by atoms with Crippen LogP contribution in [0.5, 0.6) is 0 Å². The average molecular weight is 560 g/mol. The van der Waals surface area contributed by atoms with E-state index in [9.17, 15) is 35.1 Å². The monoisotopic (exact) mass is 560 g/mol. The molecule has 0 aliphatic carbocycles. The first-order chi connectivity index (χ1) is 19.1. The Morgan fingerprint density at radius 2 is 1.25 bits per heavy atom. The van der Waals surface area contributed by atoms with Gasteiger partial charge >= 0.3 is 6.01 Å². The second-order valence-electron chi connectivity index (χ2n) is 8.75. The number of hydrogen-bond donors (Lipinski definition) is 0. The maximum atomic E-state index is 14.8. The van der Waals surface area contributed by atoms with Crippen LogP contribution in [0.2, 0.25) is 0 Å². The molecule has 0 fully saturated rings. The molecule has 0 aromatic heterocycles. The topological polar surface area (TPSA) is 9.23 Å². The maximum Gasteiger partial charge on any atom is 0.310 e. The number of benzene rings is 4. The predicted molar refractivity (Wildman–Crippen MR) is 136 cm³/mol. The molecule has 0 spiro atoms. The van der Waals surface area contributed by atoms with Gasteiger partial charge in [0, 0.05) is 16.7 Å². The van der Waals surface area contributed by atoms with Crippen molar-refractivity contribution in [3.8, 4) is 22.3 Å². The van der Waals surface area contributed by atoms with Gasteiger partial charge in [0.1, 0.15) is 24.1 Å². The number of aryl methyl sites for hydroxylation is 1. The summed E-state index contributed by atoms with van der Waals surface area (Å²) in [5, 5.41) is 0. The molecule has 0 aliphatic heterocycles. The molecule has 0 unspecified atom stereocenters. The highest BCUT2D eigenvalue weighted by Gasteiger charge is 2.17. The lowest BCUT2D eigenvalue weighted by molar-refractivity contribution is 0.169. The fourth-order valence-corrected chi connectivity index (χ4v) is 4.06. The number of rotatable bonds is 9. The van der Waals surface area contributed by atoms with E-state index in [4.69, 9.17) is 0 Å². The highest BCUT2D eigenvalue weighted by molar-refractivity contribution is 5.69. The van der Waals surface area contributed by atoms with Gasteiger partial charge in [0.2, 0.25) is 5.83 Å². The zero-order valence-electron chi connectivity index (χ0n) is 20.7. The van der Waals surface area contributed by atoms with Gasteiger partial charge in [-0.2, -0.15) is 8.78 Å². The molecule has 0 saturated heterocycles. The third kappa shape index (κ3) is 6.25. The van der Waals surface area contributed by atoms with E-state index in [1.54, 1.807) is 0 Å². The molecule has 4 aromatic carbocycles. The van der Waals surface area contributed by atoms with Gasteiger partial charge < -0.3 is 4.74 Å². The highest BCUT2D eigenvalue weighted by Crippen LogP contribution is 2.30. The molecule has 0 aliphatic rings. The SMILES string of the molecule is C=CCOC(F)=C(F)c1ccc(-c2cc(F)c(CCc3ccc(-c4cc(F)c(F)c(F)c4)c(F)c3)c(F)c2)cc1. The van der Waals surface area contributed by atoms with Crippen LogP contribution >= 0.6 is 0 Å². The van der Waals surface area contributed by atoms with E-state index < -0.39 is 46.7 Å². The van der Waals surface area contributed by atoms with Crippen molar-refractivity contribution in [2.75, 3.05) is 6.61 Å². The molecular weight excluding hydrogens is 540 g/mol. The second-order valence-corrected chi connectivity index (χ2v) is 8.75. The average Bonchev–Trinajstić information content (AvgIpc) is 2.93. The van der Waals surface area contributed by atoms with Gasteiger partial charge in [-0.15, -0.1) is 0 Å². The molecule has 9 heteroatoms. The van der Waals surface area contributed by atoms with Crippen molar-refractivity contribution in [1.82, 2.24) is 0 Å². The number of ether oxygens (including phenoxy) is 1. The molecule has 4 aromatic rings. The van der Waals surface area contributed by atoms with Gasteiger partial charge in [0.15, 0.2) is 17.5 Å². The summed E-state index contributed by atoms with van der Waals surface area (Å²) < 4.78 is 117. The molecule has 0 saturated carbocycles. The van der Waals surface area contributed by atoms with E-state index in [2.05, 4.69) is 11.3 Å². The summed E-state index contributed by atoms with van der Waals surface area (Å²) in [4.78, 5) is 0. The van der Waals surface area contributed by atoms with Crippen LogP contribution in [-0.4, -0.2) is 6.61 Å². The van der Waals surface area contributed by atoms with E-state index in [0.717, 1.165) is 18.2 Å². The summed E-state index contributed by atoms with van der Waals surface area (Å²) in [6.07, 6.45) is 1.16. The van der Waals surface area contributed by atoms with Crippen LogP contribution in [0.25, 0.3) is 28.1 Å². The molecule has 0 bridgehead atoms. The van der Waals surface area contributed by atoms with Crippen molar-refractivity contribution in [2.24, 2.45) is 0 Å². The standard InChI is InChI=1S/C31H20F8O/c1-2-11-40-31(39)29(37)19-7-5-18(6-8-19)20-13-25(33)23(26(34)14-20)10-4-17-3-9-22(24(32)12-17)21-15-27(35)30(38)28(36)16-21/h2-3,5-9,12-16H,1,4,10-11H2. The first-order valence-electron chi connectivity index (χ1n) is 11.9. The van der Waals surface area contributed by atoms with Gasteiger partial charge in [-0.25, -0.2) is 26.3 Å². The smallest absolute Gasteiger partial charge is 0.310 e. The highest BCUT2D eigenvalue weighted by atomic mass is 19.2.